The van der Waals surface area contributed by atoms with Gasteiger partial charge in [-0.3, -0.25) is 0 Å². The Labute approximate surface area is 123 Å². The van der Waals surface area contributed by atoms with E-state index in [0.717, 1.165) is 17.8 Å². The van der Waals surface area contributed by atoms with Crippen molar-refractivity contribution >= 4 is 0 Å². The molecular formula is C19H40. The fourth-order valence-electron chi connectivity index (χ4n) is 3.59. The number of hydrogen-bond donors (Lipinski definition) is 0. The minimum Gasteiger partial charge on any atom is -0.0776 e. The second-order valence-electron chi connectivity index (χ2n) is 7.99. The lowest BCUT2D eigenvalue weighted by molar-refractivity contribution is 0.180. The zero-order valence-electron chi connectivity index (χ0n) is 13.6. The van der Waals surface area contributed by atoms with Crippen LogP contribution in [0.3, 0.4) is 0 Å². The summed E-state index contributed by atoms with van der Waals surface area (Å²) in [6, 6.07) is 0. The molecule has 0 aromatic rings. The van der Waals surface area contributed by atoms with Crippen LogP contribution in [0.4, 0.5) is 0 Å². The van der Waals surface area contributed by atoms with Crippen LogP contribution in [-0.2, 0) is 0 Å². The van der Waals surface area contributed by atoms with Crippen molar-refractivity contribution in [2.45, 2.75) is 99.8 Å². The summed E-state index contributed by atoms with van der Waals surface area (Å²) >= 11 is 0. The van der Waals surface area contributed by atoms with Crippen LogP contribution in [0.15, 0.2) is 0 Å². The summed E-state index contributed by atoms with van der Waals surface area (Å²) < 4.78 is 0. The van der Waals surface area contributed by atoms with Crippen molar-refractivity contribution in [2.24, 2.45) is 23.2 Å². The van der Waals surface area contributed by atoms with Crippen molar-refractivity contribution in [2.75, 3.05) is 0 Å². The van der Waals surface area contributed by atoms with E-state index in [0.29, 0.717) is 5.41 Å². The Kier molecular flexibility index (Phi) is 9.03. The third kappa shape index (κ3) is 7.37. The van der Waals surface area contributed by atoms with Gasteiger partial charge in [-0.1, -0.05) is 87.0 Å². The van der Waals surface area contributed by atoms with Crippen LogP contribution in [0.1, 0.15) is 99.8 Å². The van der Waals surface area contributed by atoms with Crippen LogP contribution in [0.2, 0.25) is 0 Å². The summed E-state index contributed by atoms with van der Waals surface area (Å²) in [6.07, 6.45) is 13.4. The summed E-state index contributed by atoms with van der Waals surface area (Å²) in [5, 5.41) is 0. The van der Waals surface area contributed by atoms with Gasteiger partial charge in [-0.2, -0.15) is 0 Å². The third-order valence-electron chi connectivity index (χ3n) is 5.17. The van der Waals surface area contributed by atoms with Gasteiger partial charge in [0.2, 0.25) is 0 Å². The highest BCUT2D eigenvalue weighted by Gasteiger charge is 2.25. The first-order valence-corrected chi connectivity index (χ1v) is 8.41. The SMILES string of the molecule is C.CC(C)(C)C1CCCCC1.CC(C)C1CCCC1. The maximum atomic E-state index is 2.38. The standard InChI is InChI=1S/C10H20.C8H16.CH4/c1-10(2,3)9-7-5-4-6-8-9;1-7(2)8-5-3-4-6-8;/h9H,4-8H2,1-3H3;7-8H,3-6H2,1-2H3;1H4. The number of hydrogen-bond acceptors (Lipinski definition) is 0. The maximum absolute atomic E-state index is 2.38. The van der Waals surface area contributed by atoms with Crippen LogP contribution in [-0.4, -0.2) is 0 Å². The molecule has 0 N–H and O–H groups in total. The van der Waals surface area contributed by atoms with E-state index in [-0.39, 0.29) is 7.43 Å². The summed E-state index contributed by atoms with van der Waals surface area (Å²) in [6.45, 7) is 11.8. The molecule has 0 radical (unpaired) electrons. The van der Waals surface area contributed by atoms with Gasteiger partial charge < -0.3 is 0 Å². The minimum absolute atomic E-state index is 0. The van der Waals surface area contributed by atoms with E-state index in [1.54, 1.807) is 0 Å². The van der Waals surface area contributed by atoms with Crippen LogP contribution in [0.5, 0.6) is 0 Å². The first-order chi connectivity index (χ1) is 8.41. The van der Waals surface area contributed by atoms with Gasteiger partial charge in [0, 0.05) is 0 Å². The number of rotatable bonds is 1. The van der Waals surface area contributed by atoms with Gasteiger partial charge in [0.25, 0.3) is 0 Å². The molecule has 2 fully saturated rings. The lowest BCUT2D eigenvalue weighted by Crippen LogP contribution is -2.22. The Morgan fingerprint density at radius 3 is 1.42 bits per heavy atom. The zero-order valence-corrected chi connectivity index (χ0v) is 13.6. The van der Waals surface area contributed by atoms with E-state index in [1.165, 1.54) is 57.8 Å². The van der Waals surface area contributed by atoms with Crippen LogP contribution in [0.25, 0.3) is 0 Å². The fraction of sp³-hybridized carbons (Fsp3) is 1.00. The second-order valence-corrected chi connectivity index (χ2v) is 7.99. The molecule has 0 aromatic heterocycles. The van der Waals surface area contributed by atoms with E-state index in [2.05, 4.69) is 34.6 Å². The molecule has 19 heavy (non-hydrogen) atoms. The molecule has 116 valence electrons. The fourth-order valence-corrected chi connectivity index (χ4v) is 3.59. The zero-order chi connectivity index (χ0) is 13.6. The molecule has 0 atom stereocenters. The quantitative estimate of drug-likeness (QED) is 0.476. The minimum atomic E-state index is 0. The topological polar surface area (TPSA) is 0 Å². The molecule has 0 heterocycles. The average Bonchev–Trinajstić information content (AvgIpc) is 2.83. The van der Waals surface area contributed by atoms with Crippen LogP contribution >= 0.6 is 0 Å². The highest BCUT2D eigenvalue weighted by atomic mass is 14.3. The molecule has 0 spiro atoms. The lowest BCUT2D eigenvalue weighted by atomic mass is 9.72. The molecule has 0 unspecified atom stereocenters. The third-order valence-corrected chi connectivity index (χ3v) is 5.17. The molecule has 2 rings (SSSR count). The van der Waals surface area contributed by atoms with Gasteiger partial charge in [0.1, 0.15) is 0 Å². The Bertz CT molecular complexity index is 197. The van der Waals surface area contributed by atoms with E-state index < -0.39 is 0 Å². The molecule has 0 heteroatoms. The first-order valence-electron chi connectivity index (χ1n) is 8.41. The molecular weight excluding hydrogens is 228 g/mol. The van der Waals surface area contributed by atoms with Crippen LogP contribution in [0, 0.1) is 23.2 Å². The summed E-state index contributed by atoms with van der Waals surface area (Å²) in [7, 11) is 0. The normalized spacial score (nSPS) is 21.8. The van der Waals surface area contributed by atoms with Crippen molar-refractivity contribution in [1.29, 1.82) is 0 Å². The van der Waals surface area contributed by atoms with Crippen molar-refractivity contribution < 1.29 is 0 Å². The smallest absolute Gasteiger partial charge is 0.0354 e. The first kappa shape index (κ1) is 19.0. The molecule has 0 bridgehead atoms. The van der Waals surface area contributed by atoms with E-state index >= 15 is 0 Å². The second kappa shape index (κ2) is 9.03. The molecule has 0 amide bonds. The van der Waals surface area contributed by atoms with Gasteiger partial charge in [-0.05, 0) is 36.0 Å². The summed E-state index contributed by atoms with van der Waals surface area (Å²) in [5.41, 5.74) is 0.570. The molecule has 0 saturated heterocycles. The van der Waals surface area contributed by atoms with Crippen molar-refractivity contribution in [1.82, 2.24) is 0 Å². The van der Waals surface area contributed by atoms with Crippen molar-refractivity contribution in [3.8, 4) is 0 Å². The molecule has 0 aliphatic heterocycles. The predicted molar refractivity (Wildman–Crippen MR) is 89.6 cm³/mol. The van der Waals surface area contributed by atoms with Crippen LogP contribution < -0.4 is 0 Å². The predicted octanol–water partition coefficient (Wildman–Crippen LogP) is 7.08. The lowest BCUT2D eigenvalue weighted by Gasteiger charge is -2.33. The summed E-state index contributed by atoms with van der Waals surface area (Å²) in [5.74, 6) is 3.01. The van der Waals surface area contributed by atoms with Crippen molar-refractivity contribution in [3.05, 3.63) is 0 Å². The molecule has 2 saturated carbocycles. The van der Waals surface area contributed by atoms with Gasteiger partial charge in [0.15, 0.2) is 0 Å². The van der Waals surface area contributed by atoms with Gasteiger partial charge >= 0.3 is 0 Å². The van der Waals surface area contributed by atoms with E-state index in [4.69, 9.17) is 0 Å². The Hall–Kier alpha value is 0. The summed E-state index contributed by atoms with van der Waals surface area (Å²) in [4.78, 5) is 0. The van der Waals surface area contributed by atoms with E-state index in [1.807, 2.05) is 0 Å². The highest BCUT2D eigenvalue weighted by molar-refractivity contribution is 4.76. The van der Waals surface area contributed by atoms with Crippen molar-refractivity contribution in [3.63, 3.8) is 0 Å². The molecule has 2 aliphatic rings. The average molecular weight is 269 g/mol. The molecule has 2 aliphatic carbocycles. The monoisotopic (exact) mass is 268 g/mol. The Morgan fingerprint density at radius 1 is 0.737 bits per heavy atom. The molecule has 0 nitrogen and oxygen atoms in total. The maximum Gasteiger partial charge on any atom is -0.0354 e. The van der Waals surface area contributed by atoms with Gasteiger partial charge in [0.05, 0.1) is 0 Å². The largest absolute Gasteiger partial charge is 0.0776 e. The Balaban J connectivity index is 0.000000331. The van der Waals surface area contributed by atoms with Gasteiger partial charge in [-0.15, -0.1) is 0 Å². The van der Waals surface area contributed by atoms with Gasteiger partial charge in [-0.25, -0.2) is 0 Å². The highest BCUT2D eigenvalue weighted by Crippen LogP contribution is 2.37. The van der Waals surface area contributed by atoms with E-state index in [9.17, 15) is 0 Å². The Morgan fingerprint density at radius 2 is 1.16 bits per heavy atom. The molecule has 0 aromatic carbocycles.